The number of rotatable bonds is 18. The van der Waals surface area contributed by atoms with E-state index in [-0.39, 0.29) is 6.61 Å². The highest BCUT2D eigenvalue weighted by molar-refractivity contribution is 7.60. The molecule has 4 atom stereocenters. The molecule has 0 spiro atoms. The van der Waals surface area contributed by atoms with Crippen LogP contribution in [0.25, 0.3) is 0 Å². The number of hydrogen-bond donors (Lipinski definition) is 3. The van der Waals surface area contributed by atoms with Gasteiger partial charge in [-0.3, -0.25) is 4.52 Å². The molecule has 176 valence electrons. The quantitative estimate of drug-likeness (QED) is 0.196. The summed E-state index contributed by atoms with van der Waals surface area (Å²) in [5.74, 6) is 2.63. The topological polar surface area (TPSA) is 113 Å². The molecule has 0 bridgehead atoms. The van der Waals surface area contributed by atoms with Crippen molar-refractivity contribution in [1.82, 2.24) is 0 Å². The van der Waals surface area contributed by atoms with E-state index in [9.17, 15) is 14.0 Å². The Bertz CT molecular complexity index is 507. The first-order valence-corrected chi connectivity index (χ1v) is 14.1. The number of phosphoric acid groups is 2. The molecular formula is C20H44O7P2. The Labute approximate surface area is 177 Å². The van der Waals surface area contributed by atoms with Gasteiger partial charge in [-0.25, -0.2) is 9.13 Å². The van der Waals surface area contributed by atoms with Crippen LogP contribution < -0.4 is 0 Å². The molecule has 0 amide bonds. The van der Waals surface area contributed by atoms with Crippen molar-refractivity contribution in [1.29, 1.82) is 0 Å². The highest BCUT2D eigenvalue weighted by Gasteiger charge is 2.32. The van der Waals surface area contributed by atoms with Gasteiger partial charge in [-0.15, -0.1) is 0 Å². The zero-order valence-electron chi connectivity index (χ0n) is 19.0. The Morgan fingerprint density at radius 1 is 0.655 bits per heavy atom. The molecule has 0 saturated heterocycles. The summed E-state index contributed by atoms with van der Waals surface area (Å²) < 4.78 is 30.3. The fourth-order valence-corrected chi connectivity index (χ4v) is 5.06. The summed E-state index contributed by atoms with van der Waals surface area (Å²) in [4.78, 5) is 26.3. The van der Waals surface area contributed by atoms with Crippen LogP contribution >= 0.6 is 15.6 Å². The molecule has 0 radical (unpaired) electrons. The zero-order chi connectivity index (χ0) is 22.5. The van der Waals surface area contributed by atoms with Gasteiger partial charge >= 0.3 is 15.6 Å². The van der Waals surface area contributed by atoms with Gasteiger partial charge in [0.25, 0.3) is 0 Å². The van der Waals surface area contributed by atoms with Crippen LogP contribution in [0.4, 0.5) is 0 Å². The van der Waals surface area contributed by atoms with Crippen molar-refractivity contribution in [3.05, 3.63) is 0 Å². The van der Waals surface area contributed by atoms with Crippen molar-refractivity contribution in [2.24, 2.45) is 23.7 Å². The molecule has 7 nitrogen and oxygen atoms in total. The smallest absolute Gasteiger partial charge is 0.302 e. The fraction of sp³-hybridized carbons (Fsp3) is 1.00. The summed E-state index contributed by atoms with van der Waals surface area (Å²) in [5, 5.41) is 0. The van der Waals surface area contributed by atoms with E-state index in [0.717, 1.165) is 24.7 Å². The van der Waals surface area contributed by atoms with Gasteiger partial charge in [-0.05, 0) is 30.1 Å². The average Bonchev–Trinajstić information content (AvgIpc) is 2.51. The molecule has 0 rings (SSSR count). The highest BCUT2D eigenvalue weighted by Crippen LogP contribution is 2.57. The second-order valence-electron chi connectivity index (χ2n) is 9.16. The summed E-state index contributed by atoms with van der Waals surface area (Å²) in [6, 6.07) is 0. The first-order valence-electron chi connectivity index (χ1n) is 11.0. The minimum Gasteiger partial charge on any atom is -0.302 e. The van der Waals surface area contributed by atoms with Crippen LogP contribution in [0, 0.1) is 23.7 Å². The third-order valence-corrected chi connectivity index (χ3v) is 7.53. The van der Waals surface area contributed by atoms with Crippen molar-refractivity contribution in [2.75, 3.05) is 6.61 Å². The number of phosphoric ester groups is 1. The normalized spacial score (nSPS) is 17.8. The Kier molecular flexibility index (Phi) is 15.3. The van der Waals surface area contributed by atoms with Crippen molar-refractivity contribution < 1.29 is 32.6 Å². The van der Waals surface area contributed by atoms with Crippen LogP contribution in [-0.2, 0) is 18.0 Å². The van der Waals surface area contributed by atoms with Gasteiger partial charge in [0.1, 0.15) is 0 Å². The van der Waals surface area contributed by atoms with Gasteiger partial charge in [0.15, 0.2) is 0 Å². The van der Waals surface area contributed by atoms with E-state index in [1.807, 2.05) is 6.92 Å². The molecule has 0 saturated carbocycles. The van der Waals surface area contributed by atoms with Crippen molar-refractivity contribution in [2.45, 2.75) is 98.8 Å². The van der Waals surface area contributed by atoms with Crippen molar-refractivity contribution >= 4 is 15.6 Å². The summed E-state index contributed by atoms with van der Waals surface area (Å²) in [7, 11) is -9.75. The predicted octanol–water partition coefficient (Wildman–Crippen LogP) is 6.68. The van der Waals surface area contributed by atoms with E-state index in [1.165, 1.54) is 44.9 Å². The van der Waals surface area contributed by atoms with Crippen LogP contribution in [-0.4, -0.2) is 21.3 Å². The van der Waals surface area contributed by atoms with E-state index in [0.29, 0.717) is 18.3 Å². The summed E-state index contributed by atoms with van der Waals surface area (Å²) in [6.45, 7) is 11.2. The van der Waals surface area contributed by atoms with Crippen LogP contribution in [0.5, 0.6) is 0 Å². The molecular weight excluding hydrogens is 414 g/mol. The SMILES string of the molecule is CC(C)CCC[C@@H](C)CCC[C@H](C)CCC[C@@H](C)CCOP(=O)(O)OP(=O)(O)O. The Morgan fingerprint density at radius 2 is 1.03 bits per heavy atom. The molecule has 0 aromatic rings. The van der Waals surface area contributed by atoms with Gasteiger partial charge in [0.2, 0.25) is 0 Å². The number of hydrogen-bond acceptors (Lipinski definition) is 4. The molecule has 0 aliphatic rings. The summed E-state index contributed by atoms with van der Waals surface area (Å²) >= 11 is 0. The van der Waals surface area contributed by atoms with Crippen molar-refractivity contribution in [3.63, 3.8) is 0 Å². The minimum atomic E-state index is -5.04. The lowest BCUT2D eigenvalue weighted by Gasteiger charge is -2.17. The van der Waals surface area contributed by atoms with Crippen LogP contribution in [0.1, 0.15) is 98.8 Å². The molecule has 0 heterocycles. The van der Waals surface area contributed by atoms with Gasteiger partial charge < -0.3 is 14.7 Å². The fourth-order valence-electron chi connectivity index (χ4n) is 3.46. The average molecular weight is 459 g/mol. The van der Waals surface area contributed by atoms with E-state index in [4.69, 9.17) is 9.79 Å². The maximum Gasteiger partial charge on any atom is 0.481 e. The van der Waals surface area contributed by atoms with Gasteiger partial charge in [0.05, 0.1) is 6.61 Å². The molecule has 29 heavy (non-hydrogen) atoms. The standard InChI is InChI=1S/C20H44O7P2/c1-17(2)9-6-10-18(3)11-7-12-19(4)13-8-14-20(5)15-16-26-29(24,25)27-28(21,22)23/h17-20H,6-16H2,1-5H3,(H,24,25)(H2,21,22,23)/t18-,19+,20-/m1/s1. The Balaban J connectivity index is 3.76. The van der Waals surface area contributed by atoms with E-state index in [2.05, 4.69) is 36.5 Å². The van der Waals surface area contributed by atoms with E-state index < -0.39 is 15.6 Å². The first kappa shape index (κ1) is 29.3. The van der Waals surface area contributed by atoms with E-state index >= 15 is 0 Å². The van der Waals surface area contributed by atoms with Crippen LogP contribution in [0.15, 0.2) is 0 Å². The van der Waals surface area contributed by atoms with Crippen molar-refractivity contribution in [3.8, 4) is 0 Å². The first-order chi connectivity index (χ1) is 13.3. The van der Waals surface area contributed by atoms with Gasteiger partial charge in [-0.2, -0.15) is 4.31 Å². The second-order valence-corrected chi connectivity index (χ2v) is 12.0. The second kappa shape index (κ2) is 15.1. The highest BCUT2D eigenvalue weighted by atomic mass is 31.3. The lowest BCUT2D eigenvalue weighted by Crippen LogP contribution is -2.04. The molecule has 9 heteroatoms. The zero-order valence-corrected chi connectivity index (χ0v) is 20.7. The summed E-state index contributed by atoms with van der Waals surface area (Å²) in [5.41, 5.74) is 0. The predicted molar refractivity (Wildman–Crippen MR) is 117 cm³/mol. The molecule has 0 aliphatic heterocycles. The van der Waals surface area contributed by atoms with Gasteiger partial charge in [-0.1, -0.05) is 92.4 Å². The lowest BCUT2D eigenvalue weighted by molar-refractivity contribution is 0.169. The maximum absolute atomic E-state index is 11.4. The van der Waals surface area contributed by atoms with Gasteiger partial charge in [0, 0.05) is 0 Å². The largest absolute Gasteiger partial charge is 0.481 e. The minimum absolute atomic E-state index is 0.0702. The summed E-state index contributed by atoms with van der Waals surface area (Å²) in [6.07, 6.45) is 11.7. The van der Waals surface area contributed by atoms with E-state index in [1.54, 1.807) is 0 Å². The Hall–Kier alpha value is 0.260. The monoisotopic (exact) mass is 458 g/mol. The maximum atomic E-state index is 11.4. The van der Waals surface area contributed by atoms with Crippen LogP contribution in [0.2, 0.25) is 0 Å². The third-order valence-electron chi connectivity index (χ3n) is 5.34. The van der Waals surface area contributed by atoms with Crippen LogP contribution in [0.3, 0.4) is 0 Å². The molecule has 0 aromatic heterocycles. The third kappa shape index (κ3) is 19.9. The molecule has 3 N–H and O–H groups in total. The molecule has 0 fully saturated rings. The molecule has 0 aliphatic carbocycles. The lowest BCUT2D eigenvalue weighted by atomic mass is 9.91. The Morgan fingerprint density at radius 3 is 1.41 bits per heavy atom. The molecule has 1 unspecified atom stereocenters. The molecule has 0 aromatic carbocycles.